The zero-order valence-electron chi connectivity index (χ0n) is 21.1. The Labute approximate surface area is 224 Å². The van der Waals surface area contributed by atoms with Crippen LogP contribution in [0.4, 0.5) is 8.78 Å². The number of carbonyl (C=O) groups excluding carboxylic acids is 1. The number of β-amino-alcohol motifs (C(OH)–C–C–N with tert-alkyl or cyclic N) is 1. The molecule has 1 aromatic heterocycles. The van der Waals surface area contributed by atoms with Crippen molar-refractivity contribution in [3.8, 4) is 5.75 Å². The number of amides is 1. The van der Waals surface area contributed by atoms with Crippen molar-refractivity contribution in [3.05, 3.63) is 74.5 Å². The number of piperidine rings is 1. The summed E-state index contributed by atoms with van der Waals surface area (Å²) in [6.07, 6.45) is 3.96. The maximum absolute atomic E-state index is 14.1. The van der Waals surface area contributed by atoms with Crippen molar-refractivity contribution in [1.29, 1.82) is 0 Å². The number of aliphatic hydroxyl groups excluding tert-OH is 1. The quantitative estimate of drug-likeness (QED) is 0.443. The van der Waals surface area contributed by atoms with Crippen LogP contribution in [0.5, 0.6) is 5.75 Å². The molecule has 0 radical (unpaired) electrons. The van der Waals surface area contributed by atoms with Gasteiger partial charge in [-0.15, -0.1) is 0 Å². The van der Waals surface area contributed by atoms with Crippen molar-refractivity contribution >= 4 is 28.4 Å². The van der Waals surface area contributed by atoms with Gasteiger partial charge in [0.15, 0.2) is 0 Å². The third-order valence-electron chi connectivity index (χ3n) is 7.24. The molecule has 1 aliphatic heterocycles. The van der Waals surface area contributed by atoms with Gasteiger partial charge in [-0.1, -0.05) is 17.7 Å². The van der Waals surface area contributed by atoms with Gasteiger partial charge in [-0.3, -0.25) is 9.59 Å². The highest BCUT2D eigenvalue weighted by Crippen LogP contribution is 2.37. The molecule has 10 heteroatoms. The number of rotatable bonds is 8. The van der Waals surface area contributed by atoms with Crippen molar-refractivity contribution in [3.63, 3.8) is 0 Å². The molecule has 1 saturated heterocycles. The number of aromatic nitrogens is 1. The van der Waals surface area contributed by atoms with E-state index in [1.165, 1.54) is 12.1 Å². The molecule has 3 aromatic rings. The summed E-state index contributed by atoms with van der Waals surface area (Å²) in [6.45, 7) is 3.40. The van der Waals surface area contributed by atoms with E-state index in [1.807, 2.05) is 4.57 Å². The molecule has 1 atom stereocenters. The maximum atomic E-state index is 14.1. The first-order valence-corrected chi connectivity index (χ1v) is 13.2. The molecule has 1 saturated carbocycles. The molecule has 7 nitrogen and oxygen atoms in total. The molecule has 0 spiro atoms. The Morgan fingerprint density at radius 2 is 1.89 bits per heavy atom. The molecule has 5 rings (SSSR count). The molecule has 2 N–H and O–H groups in total. The van der Waals surface area contributed by atoms with E-state index in [4.69, 9.17) is 16.3 Å². The fourth-order valence-electron chi connectivity index (χ4n) is 4.89. The van der Waals surface area contributed by atoms with Crippen molar-refractivity contribution in [2.45, 2.75) is 50.8 Å². The lowest BCUT2D eigenvalue weighted by Gasteiger charge is -2.33. The Morgan fingerprint density at radius 3 is 2.58 bits per heavy atom. The summed E-state index contributed by atoms with van der Waals surface area (Å²) in [5, 5.41) is 13.4. The van der Waals surface area contributed by atoms with Gasteiger partial charge in [-0.25, -0.2) is 8.78 Å². The summed E-state index contributed by atoms with van der Waals surface area (Å²) in [7, 11) is 0. The number of fused-ring (bicyclic) bond motifs is 1. The van der Waals surface area contributed by atoms with Crippen LogP contribution in [0.25, 0.3) is 10.9 Å². The topological polar surface area (TPSA) is 83.8 Å². The number of halogens is 3. The zero-order valence-corrected chi connectivity index (χ0v) is 21.8. The van der Waals surface area contributed by atoms with Crippen LogP contribution in [0.2, 0.25) is 5.02 Å². The van der Waals surface area contributed by atoms with E-state index >= 15 is 0 Å². The highest BCUT2D eigenvalue weighted by Gasteiger charge is 2.29. The molecule has 202 valence electrons. The molecular weight excluding hydrogens is 516 g/mol. The third-order valence-corrected chi connectivity index (χ3v) is 7.53. The molecule has 2 fully saturated rings. The SMILES string of the molecule is Cc1ccc(OC[C@H](O)CN2CCC(NC(=O)c3cn(C4CC4)c4cc(Cl)c(F)cc4c3=O)CC2)cc1F. The number of aliphatic hydroxyl groups is 1. The maximum Gasteiger partial charge on any atom is 0.256 e. The van der Waals surface area contributed by atoms with Gasteiger partial charge in [0.25, 0.3) is 5.91 Å². The van der Waals surface area contributed by atoms with Crippen LogP contribution < -0.4 is 15.5 Å². The van der Waals surface area contributed by atoms with Gasteiger partial charge in [0.05, 0.1) is 10.5 Å². The van der Waals surface area contributed by atoms with Crippen molar-refractivity contribution in [2.24, 2.45) is 0 Å². The molecular formula is C28H30ClF2N3O4. The predicted molar refractivity (Wildman–Crippen MR) is 141 cm³/mol. The minimum absolute atomic E-state index is 0.00587. The number of nitrogens with zero attached hydrogens (tertiary/aromatic N) is 2. The van der Waals surface area contributed by atoms with Gasteiger partial charge in [0.1, 0.15) is 35.7 Å². The highest BCUT2D eigenvalue weighted by atomic mass is 35.5. The van der Waals surface area contributed by atoms with E-state index in [0.29, 0.717) is 49.3 Å². The first kappa shape index (κ1) is 26.6. The van der Waals surface area contributed by atoms with Crippen molar-refractivity contribution in [1.82, 2.24) is 14.8 Å². The summed E-state index contributed by atoms with van der Waals surface area (Å²) >= 11 is 5.96. The van der Waals surface area contributed by atoms with E-state index in [-0.39, 0.29) is 40.5 Å². The lowest BCUT2D eigenvalue weighted by atomic mass is 10.0. The average molecular weight is 546 g/mol. The van der Waals surface area contributed by atoms with Crippen LogP contribution in [0, 0.1) is 18.6 Å². The second-order valence-corrected chi connectivity index (χ2v) is 10.6. The van der Waals surface area contributed by atoms with Crippen LogP contribution in [-0.4, -0.2) is 58.9 Å². The minimum atomic E-state index is -0.752. The van der Waals surface area contributed by atoms with Crippen LogP contribution in [0.1, 0.15) is 47.6 Å². The Balaban J connectivity index is 1.17. The summed E-state index contributed by atoms with van der Waals surface area (Å²) in [5.41, 5.74) is 0.539. The molecule has 0 unspecified atom stereocenters. The molecule has 0 bridgehead atoms. The number of pyridine rings is 1. The summed E-state index contributed by atoms with van der Waals surface area (Å²) in [6, 6.07) is 7.18. The highest BCUT2D eigenvalue weighted by molar-refractivity contribution is 6.31. The number of benzene rings is 2. The number of ether oxygens (including phenoxy) is 1. The van der Waals surface area contributed by atoms with E-state index < -0.39 is 23.3 Å². The molecule has 2 heterocycles. The number of hydrogen-bond donors (Lipinski definition) is 2. The minimum Gasteiger partial charge on any atom is -0.491 e. The number of aryl methyl sites for hydroxylation is 1. The third kappa shape index (κ3) is 5.85. The largest absolute Gasteiger partial charge is 0.491 e. The van der Waals surface area contributed by atoms with Gasteiger partial charge in [-0.2, -0.15) is 0 Å². The van der Waals surface area contributed by atoms with Gasteiger partial charge in [0.2, 0.25) is 5.43 Å². The number of hydrogen-bond acceptors (Lipinski definition) is 5. The monoisotopic (exact) mass is 545 g/mol. The van der Waals surface area contributed by atoms with E-state index in [2.05, 4.69) is 10.2 Å². The smallest absolute Gasteiger partial charge is 0.256 e. The Bertz CT molecular complexity index is 1420. The molecule has 1 aliphatic carbocycles. The Kier molecular flexibility index (Phi) is 7.70. The summed E-state index contributed by atoms with van der Waals surface area (Å²) in [5.74, 6) is -1.15. The first-order valence-electron chi connectivity index (χ1n) is 12.8. The van der Waals surface area contributed by atoms with E-state index in [1.54, 1.807) is 25.3 Å². The number of carbonyl (C=O) groups is 1. The van der Waals surface area contributed by atoms with Crippen LogP contribution in [0.15, 0.2) is 41.3 Å². The van der Waals surface area contributed by atoms with Crippen LogP contribution in [-0.2, 0) is 0 Å². The summed E-state index contributed by atoms with van der Waals surface area (Å²) < 4.78 is 35.2. The molecule has 38 heavy (non-hydrogen) atoms. The second-order valence-electron chi connectivity index (χ2n) is 10.2. The van der Waals surface area contributed by atoms with Crippen molar-refractivity contribution in [2.75, 3.05) is 26.2 Å². The summed E-state index contributed by atoms with van der Waals surface area (Å²) in [4.78, 5) is 28.3. The average Bonchev–Trinajstić information content (AvgIpc) is 3.73. The van der Waals surface area contributed by atoms with E-state index in [0.717, 1.165) is 18.9 Å². The predicted octanol–water partition coefficient (Wildman–Crippen LogP) is 4.21. The fourth-order valence-corrected chi connectivity index (χ4v) is 5.05. The van der Waals surface area contributed by atoms with Crippen LogP contribution in [0.3, 0.4) is 0 Å². The molecule has 2 aliphatic rings. The number of nitrogens with one attached hydrogen (secondary N) is 1. The fraction of sp³-hybridized carbons (Fsp3) is 0.429. The lowest BCUT2D eigenvalue weighted by molar-refractivity contribution is 0.0567. The first-order chi connectivity index (χ1) is 18.2. The van der Waals surface area contributed by atoms with Crippen molar-refractivity contribution < 1.29 is 23.4 Å². The zero-order chi connectivity index (χ0) is 27.0. The Morgan fingerprint density at radius 1 is 1.16 bits per heavy atom. The Hall–Kier alpha value is -3.01. The lowest BCUT2D eigenvalue weighted by Crippen LogP contribution is -2.47. The van der Waals surface area contributed by atoms with Gasteiger partial charge in [0, 0.05) is 49.4 Å². The van der Waals surface area contributed by atoms with E-state index in [9.17, 15) is 23.5 Å². The van der Waals surface area contributed by atoms with Gasteiger partial charge in [-0.05, 0) is 56.4 Å². The van der Waals surface area contributed by atoms with Crippen LogP contribution >= 0.6 is 11.6 Å². The number of likely N-dealkylation sites (tertiary alicyclic amines) is 1. The normalized spacial score (nSPS) is 17.5. The molecule has 2 aromatic carbocycles. The van der Waals surface area contributed by atoms with Gasteiger partial charge >= 0.3 is 0 Å². The van der Waals surface area contributed by atoms with Gasteiger partial charge < -0.3 is 24.6 Å². The molecule has 1 amide bonds. The second kappa shape index (κ2) is 11.0. The standard InChI is InChI=1S/C28H30ClF2N3O4/c1-16-2-5-20(10-24(16)30)38-15-19(35)13-33-8-6-17(7-9-33)32-28(37)22-14-34(18-3-4-18)26-12-23(29)25(31)11-21(26)27(22)36/h2,5,10-12,14,17-19,35H,3-4,6-9,13,15H2,1H3,(H,32,37)/t19-/m1/s1.